The fourth-order valence-electron chi connectivity index (χ4n) is 4.02. The van der Waals surface area contributed by atoms with E-state index < -0.39 is 17.6 Å². The lowest BCUT2D eigenvalue weighted by molar-refractivity contribution is -0.137. The molecular formula is C29H38F3N3O2S. The molecule has 0 unspecified atom stereocenters. The zero-order valence-electron chi connectivity index (χ0n) is 22.0. The first-order valence-corrected chi connectivity index (χ1v) is 13.8. The van der Waals surface area contributed by atoms with Crippen molar-refractivity contribution in [2.24, 2.45) is 0 Å². The predicted octanol–water partition coefficient (Wildman–Crippen LogP) is 8.47. The van der Waals surface area contributed by atoms with E-state index in [9.17, 15) is 22.8 Å². The van der Waals surface area contributed by atoms with Gasteiger partial charge in [-0.05, 0) is 55.0 Å². The second-order valence-corrected chi connectivity index (χ2v) is 9.81. The van der Waals surface area contributed by atoms with Crippen molar-refractivity contribution in [3.8, 4) is 0 Å². The van der Waals surface area contributed by atoms with Crippen LogP contribution in [-0.4, -0.2) is 16.9 Å². The Labute approximate surface area is 229 Å². The topological polar surface area (TPSA) is 70.2 Å². The van der Waals surface area contributed by atoms with Crippen LogP contribution in [0.4, 0.5) is 24.5 Å². The van der Waals surface area contributed by atoms with Crippen LogP contribution in [0.25, 0.3) is 0 Å². The molecule has 2 aromatic carbocycles. The van der Waals surface area contributed by atoms with Crippen molar-refractivity contribution in [3.05, 3.63) is 59.7 Å². The van der Waals surface area contributed by atoms with Crippen LogP contribution in [0.15, 0.2) is 48.5 Å². The van der Waals surface area contributed by atoms with E-state index in [0.29, 0.717) is 12.1 Å². The number of benzene rings is 2. The van der Waals surface area contributed by atoms with Crippen LogP contribution in [0.5, 0.6) is 0 Å². The summed E-state index contributed by atoms with van der Waals surface area (Å²) in [6, 6.07) is 10.7. The highest BCUT2D eigenvalue weighted by Gasteiger charge is 2.30. The second-order valence-electron chi connectivity index (χ2n) is 9.40. The Kier molecular flexibility index (Phi) is 13.8. The first-order valence-electron chi connectivity index (χ1n) is 13.4. The van der Waals surface area contributed by atoms with Crippen LogP contribution >= 0.6 is 12.2 Å². The van der Waals surface area contributed by atoms with Gasteiger partial charge in [0.1, 0.15) is 0 Å². The van der Waals surface area contributed by atoms with Crippen LogP contribution < -0.4 is 16.0 Å². The predicted molar refractivity (Wildman–Crippen MR) is 151 cm³/mol. The quantitative estimate of drug-likeness (QED) is 0.154. The number of halogens is 3. The van der Waals surface area contributed by atoms with Gasteiger partial charge >= 0.3 is 6.18 Å². The number of rotatable bonds is 15. The Morgan fingerprint density at radius 1 is 0.763 bits per heavy atom. The third-order valence-corrected chi connectivity index (χ3v) is 6.29. The summed E-state index contributed by atoms with van der Waals surface area (Å²) in [5.74, 6) is -0.740. The highest BCUT2D eigenvalue weighted by molar-refractivity contribution is 7.80. The molecule has 9 heteroatoms. The summed E-state index contributed by atoms with van der Waals surface area (Å²) in [6.45, 7) is 2.23. The molecule has 2 rings (SSSR count). The van der Waals surface area contributed by atoms with Gasteiger partial charge in [0.2, 0.25) is 5.91 Å². The van der Waals surface area contributed by atoms with Crippen LogP contribution in [-0.2, 0) is 11.0 Å². The van der Waals surface area contributed by atoms with Gasteiger partial charge in [-0.2, -0.15) is 13.2 Å². The molecular weight excluding hydrogens is 511 g/mol. The third kappa shape index (κ3) is 12.5. The normalized spacial score (nSPS) is 11.2. The summed E-state index contributed by atoms with van der Waals surface area (Å²) in [5, 5.41) is 8.11. The maximum absolute atomic E-state index is 12.9. The molecule has 0 spiro atoms. The van der Waals surface area contributed by atoms with Crippen molar-refractivity contribution in [1.29, 1.82) is 0 Å². The molecule has 0 radical (unpaired) electrons. The van der Waals surface area contributed by atoms with Gasteiger partial charge in [0, 0.05) is 23.4 Å². The Hall–Kier alpha value is -2.94. The van der Waals surface area contributed by atoms with Crippen molar-refractivity contribution in [2.45, 2.75) is 90.1 Å². The van der Waals surface area contributed by atoms with Gasteiger partial charge in [-0.1, -0.05) is 83.3 Å². The molecule has 0 aliphatic heterocycles. The van der Waals surface area contributed by atoms with Crippen molar-refractivity contribution < 1.29 is 22.8 Å². The van der Waals surface area contributed by atoms with Crippen LogP contribution in [0.1, 0.15) is 99.9 Å². The highest BCUT2D eigenvalue weighted by Crippen LogP contribution is 2.30. The standard InChI is InChI=1S/C29H38F3N3O2S/c1-2-3-4-5-6-7-8-9-10-11-12-19-26(36)35-28(38)34-24-17-13-15-22(20-24)27(37)33-25-18-14-16-23(21-25)29(30,31)32/h13-18,20-21H,2-12,19H2,1H3,(H,33,37)(H2,34,35,36,38). The lowest BCUT2D eigenvalue weighted by atomic mass is 10.1. The molecule has 3 N–H and O–H groups in total. The summed E-state index contributed by atoms with van der Waals surface area (Å²) in [6.07, 6.45) is 9.15. The summed E-state index contributed by atoms with van der Waals surface area (Å²) < 4.78 is 38.7. The van der Waals surface area contributed by atoms with E-state index in [4.69, 9.17) is 12.2 Å². The monoisotopic (exact) mass is 549 g/mol. The fourth-order valence-corrected chi connectivity index (χ4v) is 4.25. The van der Waals surface area contributed by atoms with E-state index in [1.54, 1.807) is 12.1 Å². The Morgan fingerprint density at radius 3 is 1.92 bits per heavy atom. The Balaban J connectivity index is 1.69. The molecule has 0 saturated heterocycles. The molecule has 0 fully saturated rings. The molecule has 0 atom stereocenters. The molecule has 0 aliphatic carbocycles. The smallest absolute Gasteiger partial charge is 0.332 e. The van der Waals surface area contributed by atoms with Crippen molar-refractivity contribution in [3.63, 3.8) is 0 Å². The average Bonchev–Trinajstić information content (AvgIpc) is 2.87. The Bertz CT molecular complexity index is 1040. The van der Waals surface area contributed by atoms with Crippen molar-refractivity contribution in [1.82, 2.24) is 5.32 Å². The molecule has 0 bridgehead atoms. The van der Waals surface area contributed by atoms with Gasteiger partial charge in [0.15, 0.2) is 5.11 Å². The number of anilines is 2. The van der Waals surface area contributed by atoms with Gasteiger partial charge in [0.05, 0.1) is 5.56 Å². The molecule has 2 aromatic rings. The zero-order valence-corrected chi connectivity index (χ0v) is 22.8. The number of thiocarbonyl (C=S) groups is 1. The molecule has 0 heterocycles. The van der Waals surface area contributed by atoms with Crippen LogP contribution in [0.3, 0.4) is 0 Å². The number of carbonyl (C=O) groups is 2. The number of amides is 2. The van der Waals surface area contributed by atoms with Crippen LogP contribution in [0, 0.1) is 0 Å². The van der Waals surface area contributed by atoms with E-state index in [2.05, 4.69) is 22.9 Å². The summed E-state index contributed by atoms with van der Waals surface area (Å²) in [7, 11) is 0. The lowest BCUT2D eigenvalue weighted by Crippen LogP contribution is -2.34. The first kappa shape index (κ1) is 31.3. The molecule has 2 amide bonds. The minimum absolute atomic E-state index is 0.0355. The molecule has 208 valence electrons. The maximum Gasteiger partial charge on any atom is 0.416 e. The van der Waals surface area contributed by atoms with Gasteiger partial charge in [-0.25, -0.2) is 0 Å². The molecule has 5 nitrogen and oxygen atoms in total. The largest absolute Gasteiger partial charge is 0.416 e. The number of hydrogen-bond donors (Lipinski definition) is 3. The second kappa shape index (κ2) is 16.8. The molecule has 0 aliphatic rings. The number of hydrogen-bond acceptors (Lipinski definition) is 3. The van der Waals surface area contributed by atoms with E-state index in [0.717, 1.165) is 31.4 Å². The van der Waals surface area contributed by atoms with Crippen molar-refractivity contribution >= 4 is 40.5 Å². The van der Waals surface area contributed by atoms with E-state index >= 15 is 0 Å². The number of alkyl halides is 3. The number of nitrogens with one attached hydrogen (secondary N) is 3. The number of unbranched alkanes of at least 4 members (excludes halogenated alkanes) is 10. The van der Waals surface area contributed by atoms with E-state index in [1.807, 2.05) is 0 Å². The van der Waals surface area contributed by atoms with Gasteiger partial charge < -0.3 is 16.0 Å². The maximum atomic E-state index is 12.9. The summed E-state index contributed by atoms with van der Waals surface area (Å²) in [5.41, 5.74) is -0.113. The zero-order chi connectivity index (χ0) is 27.8. The summed E-state index contributed by atoms with van der Waals surface area (Å²) in [4.78, 5) is 24.7. The minimum atomic E-state index is -4.50. The third-order valence-electron chi connectivity index (χ3n) is 6.09. The van der Waals surface area contributed by atoms with Gasteiger partial charge in [0.25, 0.3) is 5.91 Å². The first-order chi connectivity index (χ1) is 18.2. The van der Waals surface area contributed by atoms with Crippen molar-refractivity contribution in [2.75, 3.05) is 10.6 Å². The Morgan fingerprint density at radius 2 is 1.32 bits per heavy atom. The lowest BCUT2D eigenvalue weighted by Gasteiger charge is -2.12. The van der Waals surface area contributed by atoms with E-state index in [1.165, 1.54) is 75.6 Å². The molecule has 38 heavy (non-hydrogen) atoms. The average molecular weight is 550 g/mol. The SMILES string of the molecule is CCCCCCCCCCCCCC(=O)NC(=S)Nc1cccc(C(=O)Nc2cccc(C(F)(F)F)c2)c1. The number of carbonyl (C=O) groups excluding carboxylic acids is 2. The van der Waals surface area contributed by atoms with E-state index in [-0.39, 0.29) is 22.3 Å². The van der Waals surface area contributed by atoms with Gasteiger partial charge in [-0.3, -0.25) is 9.59 Å². The summed E-state index contributed by atoms with van der Waals surface area (Å²) >= 11 is 5.21. The highest BCUT2D eigenvalue weighted by atomic mass is 32.1. The molecule has 0 aromatic heterocycles. The fraction of sp³-hybridized carbons (Fsp3) is 0.483. The van der Waals surface area contributed by atoms with Crippen LogP contribution in [0.2, 0.25) is 0 Å². The van der Waals surface area contributed by atoms with Gasteiger partial charge in [-0.15, -0.1) is 0 Å². The minimum Gasteiger partial charge on any atom is -0.332 e. The molecule has 0 saturated carbocycles.